The van der Waals surface area contributed by atoms with Crippen molar-refractivity contribution in [3.63, 3.8) is 0 Å². The van der Waals surface area contributed by atoms with Crippen molar-refractivity contribution in [2.24, 2.45) is 0 Å². The van der Waals surface area contributed by atoms with Crippen molar-refractivity contribution in [1.29, 1.82) is 0 Å². The van der Waals surface area contributed by atoms with Gasteiger partial charge in [-0.15, -0.1) is 0 Å². The predicted molar refractivity (Wildman–Crippen MR) is 252 cm³/mol. The molecule has 0 aliphatic carbocycles. The molecular formula is C44H81BFO35. The van der Waals surface area contributed by atoms with Crippen LogP contribution < -0.4 is 0 Å². The molecule has 35 atom stereocenters. The van der Waals surface area contributed by atoms with Gasteiger partial charge >= 0.3 is 0 Å². The standard InChI is InChI=1S/C42H70O35.2CH4.B.FH.H2/c43-1-8-29-15(50)22(57)36(64-8)72-30-9(2-44)66-38(24(59)17(30)52)74-32-11(4-46)68-40(26(61)19(32)54)76-34-13(6-48)70-42(28(63)21(34)56)77-35-14(7-49)69-41(27(62)20(35)55)75-33-12(5-47)67-39(25(60)18(33)53)73-31-10(3-45)65-37(71-29)23(58)16(31)51;;;;;/h8-63H,1-7H2;2*1H4;;2*1H/i;;;;;1+1. The Balaban J connectivity index is 0.00000353. The van der Waals surface area contributed by atoms with Gasteiger partial charge in [0, 0.05) is 9.84 Å². The van der Waals surface area contributed by atoms with Gasteiger partial charge in [0.15, 0.2) is 44.0 Å². The Morgan fingerprint density at radius 3 is 0.383 bits per heavy atom. The highest BCUT2D eigenvalue weighted by Gasteiger charge is 2.59. The number of hydrogen-bond acceptors (Lipinski definition) is 35. The molecule has 21 N–H and O–H groups in total. The van der Waals surface area contributed by atoms with Gasteiger partial charge in [0.05, 0.1) is 46.2 Å². The molecule has 14 bridgehead atoms. The molecule has 0 amide bonds. The second-order valence-corrected chi connectivity index (χ2v) is 19.7. The summed E-state index contributed by atoms with van der Waals surface area (Å²) in [4.78, 5) is 0. The summed E-state index contributed by atoms with van der Waals surface area (Å²) in [5.74, 6) is 0. The minimum Gasteiger partial charge on any atom is -0.394 e. The molecular weight excluding hydrogens is 1120 g/mol. The number of aliphatic hydroxyl groups is 21. The van der Waals surface area contributed by atoms with Crippen molar-refractivity contribution in [2.75, 3.05) is 46.2 Å². The lowest BCUT2D eigenvalue weighted by molar-refractivity contribution is -0.396. The summed E-state index contributed by atoms with van der Waals surface area (Å²) in [5, 5.41) is 230. The van der Waals surface area contributed by atoms with E-state index in [-0.39, 0.29) is 29.4 Å². The van der Waals surface area contributed by atoms with Crippen LogP contribution >= 0.6 is 0 Å². The quantitative estimate of drug-likeness (QED) is 0.105. The lowest BCUT2D eigenvalue weighted by Gasteiger charge is -2.50. The number of hydrogen-bond donors (Lipinski definition) is 21. The highest BCUT2D eigenvalue weighted by Crippen LogP contribution is 2.39. The number of rotatable bonds is 7. The van der Waals surface area contributed by atoms with Crippen LogP contribution in [0.3, 0.4) is 0 Å². The van der Waals surface area contributed by atoms with Gasteiger partial charge in [-0.25, -0.2) is 0 Å². The summed E-state index contributed by atoms with van der Waals surface area (Å²) >= 11 is 0. The van der Waals surface area contributed by atoms with Crippen LogP contribution in [-0.2, 0) is 66.3 Å². The van der Waals surface area contributed by atoms with E-state index >= 15 is 0 Å². The lowest BCUT2D eigenvalue weighted by atomic mass is 9.95. The maximum Gasteiger partial charge on any atom is 0.187 e. The molecule has 21 saturated heterocycles. The molecule has 0 aromatic carbocycles. The zero-order chi connectivity index (χ0) is 56.1. The van der Waals surface area contributed by atoms with E-state index in [1.165, 1.54) is 0 Å². The molecule has 21 aliphatic heterocycles. The van der Waals surface area contributed by atoms with Gasteiger partial charge in [-0.05, 0) is 0 Å². The van der Waals surface area contributed by atoms with Gasteiger partial charge in [-0.2, -0.15) is 0 Å². The summed E-state index contributed by atoms with van der Waals surface area (Å²) in [7, 11) is 0. The predicted octanol–water partition coefficient (Wildman–Crippen LogP) is -13.9. The Bertz CT molecular complexity index is 1490. The maximum absolute atomic E-state index is 11.3. The van der Waals surface area contributed by atoms with Crippen LogP contribution in [0.25, 0.3) is 0 Å². The molecule has 35 unspecified atom stereocenters. The Labute approximate surface area is 463 Å². The smallest absolute Gasteiger partial charge is 0.187 e. The Morgan fingerprint density at radius 1 is 0.198 bits per heavy atom. The molecule has 37 heteroatoms. The first kappa shape index (κ1) is 72.1. The minimum absolute atomic E-state index is 0. The average Bonchev–Trinajstić information content (AvgIpc) is 3.45. The molecule has 0 spiro atoms. The summed E-state index contributed by atoms with van der Waals surface area (Å²) in [5.41, 5.74) is 0. The number of ether oxygens (including phenoxy) is 14. The van der Waals surface area contributed by atoms with E-state index in [1.54, 1.807) is 0 Å². The summed E-state index contributed by atoms with van der Waals surface area (Å²) in [6, 6.07) is 0. The van der Waals surface area contributed by atoms with Crippen LogP contribution in [0.5, 0.6) is 0 Å². The lowest BCUT2D eigenvalue weighted by Crippen LogP contribution is -2.68. The first-order valence-corrected chi connectivity index (χ1v) is 24.6. The summed E-state index contributed by atoms with van der Waals surface area (Å²) < 4.78 is 79.5. The Kier molecular flexibility index (Phi) is 27.1. The Hall–Kier alpha value is -1.41. The molecule has 0 aromatic rings. The van der Waals surface area contributed by atoms with Crippen molar-refractivity contribution in [2.45, 2.75) is 230 Å². The summed E-state index contributed by atoms with van der Waals surface area (Å²) in [6.07, 6.45) is -70.2. The first-order chi connectivity index (χ1) is 36.7. The van der Waals surface area contributed by atoms with Crippen molar-refractivity contribution < 1.29 is 180 Å². The van der Waals surface area contributed by atoms with Crippen LogP contribution in [0.2, 0.25) is 0 Å². The minimum atomic E-state index is -2.21. The molecule has 21 aliphatic rings. The van der Waals surface area contributed by atoms with Crippen molar-refractivity contribution in [1.82, 2.24) is 0 Å². The maximum atomic E-state index is 11.3. The van der Waals surface area contributed by atoms with Gasteiger partial charge in [0.1, 0.15) is 171 Å². The third kappa shape index (κ3) is 14.1. The van der Waals surface area contributed by atoms with E-state index < -0.39 is 261 Å². The van der Waals surface area contributed by atoms with E-state index in [1.807, 2.05) is 0 Å². The van der Waals surface area contributed by atoms with Crippen molar-refractivity contribution in [3.8, 4) is 0 Å². The summed E-state index contributed by atoms with van der Waals surface area (Å²) in [6.45, 7) is -7.33. The highest BCUT2D eigenvalue weighted by atomic mass is 19.0. The SMILES string of the molecule is C.C.F.OCC1OC2OC3C(CO)OC(OC4C(CO)OC(OC5C(CO)OC(OC6C(CO)OC(OC7C(CO)OC(OC8C(CO)OC(OC1C(O)C2O)C(O)C8O)C(O)C7O)C(O)C6O)C(O)C5O)C(O)C4O)C(O)C3O.[2HH].[B]. The second kappa shape index (κ2) is 30.5. The third-order valence-corrected chi connectivity index (χ3v) is 14.8. The van der Waals surface area contributed by atoms with Crippen LogP contribution in [0.1, 0.15) is 16.3 Å². The van der Waals surface area contributed by atoms with Crippen LogP contribution in [-0.4, -0.2) is 377 Å². The average molecular weight is 1200 g/mol. The highest BCUT2D eigenvalue weighted by molar-refractivity contribution is 5.75. The fourth-order valence-electron chi connectivity index (χ4n) is 10.4. The third-order valence-electron chi connectivity index (χ3n) is 14.8. The van der Waals surface area contributed by atoms with E-state index in [9.17, 15) is 107 Å². The van der Waals surface area contributed by atoms with E-state index in [0.717, 1.165) is 0 Å². The zero-order valence-corrected chi connectivity index (χ0v) is 41.2. The van der Waals surface area contributed by atoms with Gasteiger partial charge in [0.2, 0.25) is 0 Å². The van der Waals surface area contributed by atoms with Crippen molar-refractivity contribution in [3.05, 3.63) is 0 Å². The van der Waals surface area contributed by atoms with E-state index in [0.29, 0.717) is 0 Å². The van der Waals surface area contributed by atoms with Crippen LogP contribution in [0.15, 0.2) is 0 Å². The Morgan fingerprint density at radius 2 is 0.296 bits per heavy atom. The zero-order valence-electron chi connectivity index (χ0n) is 41.2. The van der Waals surface area contributed by atoms with Gasteiger partial charge in [0.25, 0.3) is 0 Å². The second-order valence-electron chi connectivity index (χ2n) is 19.7. The molecule has 0 aromatic heterocycles. The number of halogens is 1. The largest absolute Gasteiger partial charge is 0.394 e. The van der Waals surface area contributed by atoms with Gasteiger partial charge in [-0.3, -0.25) is 4.70 Å². The van der Waals surface area contributed by atoms with Crippen LogP contribution in [0, 0.1) is 0 Å². The molecule has 477 valence electrons. The molecule has 0 saturated carbocycles. The van der Waals surface area contributed by atoms with E-state index in [2.05, 4.69) is 0 Å². The molecule has 21 rings (SSSR count). The fraction of sp³-hybridized carbons (Fsp3) is 1.00. The van der Waals surface area contributed by atoms with Crippen LogP contribution in [0.4, 0.5) is 4.70 Å². The molecule has 21 fully saturated rings. The number of aliphatic hydroxyl groups excluding tert-OH is 21. The van der Waals surface area contributed by atoms with E-state index in [4.69, 9.17) is 66.3 Å². The molecule has 35 nitrogen and oxygen atoms in total. The molecule has 81 heavy (non-hydrogen) atoms. The van der Waals surface area contributed by atoms with Crippen molar-refractivity contribution >= 4 is 8.41 Å². The van der Waals surface area contributed by atoms with Gasteiger partial charge in [-0.1, -0.05) is 14.9 Å². The normalized spacial score (nSPS) is 52.6. The monoisotopic (exact) mass is 1200 g/mol. The van der Waals surface area contributed by atoms with Gasteiger partial charge < -0.3 is 174 Å². The fourth-order valence-corrected chi connectivity index (χ4v) is 10.4. The molecule has 3 radical (unpaired) electrons. The topological polar surface area (TPSA) is 554 Å². The molecule has 21 heterocycles. The first-order valence-electron chi connectivity index (χ1n) is 24.6.